The van der Waals surface area contributed by atoms with Gasteiger partial charge in [0.25, 0.3) is 0 Å². The van der Waals surface area contributed by atoms with Gasteiger partial charge < -0.3 is 10.6 Å². The van der Waals surface area contributed by atoms with Gasteiger partial charge in [0.15, 0.2) is 5.96 Å². The van der Waals surface area contributed by atoms with Crippen molar-refractivity contribution in [2.45, 2.75) is 6.42 Å². The second-order valence-electron chi connectivity index (χ2n) is 6.67. The van der Waals surface area contributed by atoms with Crippen LogP contribution in [0.1, 0.15) is 6.42 Å². The summed E-state index contributed by atoms with van der Waals surface area (Å²) in [4.78, 5) is 33.0. The zero-order chi connectivity index (χ0) is 16.0. The molecule has 0 aromatic heterocycles. The van der Waals surface area contributed by atoms with Crippen LogP contribution in [0.25, 0.3) is 0 Å². The van der Waals surface area contributed by atoms with E-state index in [1.54, 1.807) is 0 Å². The predicted molar refractivity (Wildman–Crippen MR) is 89.8 cm³/mol. The molecule has 0 radical (unpaired) electrons. The van der Waals surface area contributed by atoms with E-state index in [9.17, 15) is 9.59 Å². The third-order valence-corrected chi connectivity index (χ3v) is 6.44. The molecule has 2 heterocycles. The first kappa shape index (κ1) is 15.1. The summed E-state index contributed by atoms with van der Waals surface area (Å²) in [5, 5.41) is 0. The molecular formula is C16H22N4O2S. The molecule has 4 aliphatic rings. The van der Waals surface area contributed by atoms with E-state index in [2.05, 4.69) is 22.0 Å². The topological polar surface area (TPSA) is 79.0 Å². The molecule has 124 valence electrons. The van der Waals surface area contributed by atoms with Crippen molar-refractivity contribution >= 4 is 29.5 Å². The van der Waals surface area contributed by atoms with Gasteiger partial charge in [-0.3, -0.25) is 19.5 Å². The lowest BCUT2D eigenvalue weighted by Crippen LogP contribution is -2.43. The van der Waals surface area contributed by atoms with Crippen LogP contribution in [0.3, 0.4) is 0 Å². The number of rotatable bonds is 3. The number of likely N-dealkylation sites (tertiary alicyclic amines) is 1. The molecule has 2 aliphatic heterocycles. The van der Waals surface area contributed by atoms with E-state index in [1.165, 1.54) is 4.90 Å². The number of nitrogens with zero attached hydrogens (tertiary/aromatic N) is 3. The Kier molecular flexibility index (Phi) is 3.83. The third-order valence-electron chi connectivity index (χ3n) is 5.49. The van der Waals surface area contributed by atoms with Gasteiger partial charge in [0.1, 0.15) is 0 Å². The summed E-state index contributed by atoms with van der Waals surface area (Å²) >= 11 is 1.92. The fraction of sp³-hybridized carbons (Fsp3) is 0.688. The van der Waals surface area contributed by atoms with Crippen LogP contribution in [0.2, 0.25) is 0 Å². The summed E-state index contributed by atoms with van der Waals surface area (Å²) in [5.41, 5.74) is 6.02. The Labute approximate surface area is 140 Å². The minimum atomic E-state index is -0.113. The van der Waals surface area contributed by atoms with Crippen molar-refractivity contribution < 1.29 is 9.59 Å². The normalized spacial score (nSPS) is 36.3. The number of hydrogen-bond donors (Lipinski definition) is 1. The summed E-state index contributed by atoms with van der Waals surface area (Å²) in [7, 11) is 0. The lowest BCUT2D eigenvalue weighted by Gasteiger charge is -2.27. The first-order valence-electron chi connectivity index (χ1n) is 8.33. The van der Waals surface area contributed by atoms with Crippen molar-refractivity contribution in [1.82, 2.24) is 9.80 Å². The van der Waals surface area contributed by atoms with Crippen molar-refractivity contribution in [3.63, 3.8) is 0 Å². The molecule has 0 spiro atoms. The second kappa shape index (κ2) is 5.85. The molecule has 23 heavy (non-hydrogen) atoms. The lowest BCUT2D eigenvalue weighted by atomic mass is 9.85. The largest absolute Gasteiger partial charge is 0.370 e. The van der Waals surface area contributed by atoms with Crippen LogP contribution in [0.4, 0.5) is 0 Å². The van der Waals surface area contributed by atoms with Gasteiger partial charge in [0.05, 0.1) is 18.4 Å². The number of aliphatic imine (C=N–C) groups is 1. The lowest BCUT2D eigenvalue weighted by molar-refractivity contribution is -0.140. The monoisotopic (exact) mass is 334 g/mol. The Morgan fingerprint density at radius 2 is 1.78 bits per heavy atom. The molecule has 4 unspecified atom stereocenters. The van der Waals surface area contributed by atoms with E-state index in [0.717, 1.165) is 31.0 Å². The number of amides is 2. The van der Waals surface area contributed by atoms with Crippen molar-refractivity contribution in [3.05, 3.63) is 12.2 Å². The SMILES string of the molecule is NC(=NCCN1C(=O)C2C3C=CC(C3)C2C1=O)N1CCSCC1. The van der Waals surface area contributed by atoms with Gasteiger partial charge in [-0.1, -0.05) is 12.2 Å². The Bertz CT molecular complexity index is 555. The second-order valence-corrected chi connectivity index (χ2v) is 7.89. The van der Waals surface area contributed by atoms with Crippen LogP contribution in [0, 0.1) is 23.7 Å². The van der Waals surface area contributed by atoms with Crippen LogP contribution < -0.4 is 5.73 Å². The zero-order valence-corrected chi connectivity index (χ0v) is 13.9. The molecule has 4 rings (SSSR count). The van der Waals surface area contributed by atoms with Gasteiger partial charge in [0, 0.05) is 31.1 Å². The minimum absolute atomic E-state index is 0.00000562. The van der Waals surface area contributed by atoms with E-state index >= 15 is 0 Å². The first-order valence-corrected chi connectivity index (χ1v) is 9.48. The number of fused-ring (bicyclic) bond motifs is 5. The third kappa shape index (κ3) is 2.45. The van der Waals surface area contributed by atoms with Crippen LogP contribution >= 0.6 is 11.8 Å². The molecule has 2 N–H and O–H groups in total. The van der Waals surface area contributed by atoms with E-state index in [1.807, 2.05) is 11.8 Å². The van der Waals surface area contributed by atoms with Crippen LogP contribution in [-0.2, 0) is 9.59 Å². The van der Waals surface area contributed by atoms with Gasteiger partial charge in [-0.25, -0.2) is 0 Å². The van der Waals surface area contributed by atoms with Gasteiger partial charge in [-0.15, -0.1) is 0 Å². The average molecular weight is 334 g/mol. The molecule has 2 bridgehead atoms. The molecule has 1 saturated carbocycles. The average Bonchev–Trinajstić information content (AvgIpc) is 3.25. The Morgan fingerprint density at radius 1 is 1.17 bits per heavy atom. The van der Waals surface area contributed by atoms with E-state index in [-0.39, 0.29) is 35.5 Å². The Hall–Kier alpha value is -1.50. The standard InChI is InChI=1S/C16H22N4O2S/c17-16(19-5-7-23-8-6-19)18-3-4-20-14(21)12-10-1-2-11(9-10)13(12)15(20)22/h1-2,10-13H,3-9H2,(H2,17,18). The summed E-state index contributed by atoms with van der Waals surface area (Å²) in [6.45, 7) is 2.59. The summed E-state index contributed by atoms with van der Waals surface area (Å²) in [6.07, 6.45) is 5.20. The van der Waals surface area contributed by atoms with Crippen molar-refractivity contribution in [2.75, 3.05) is 37.7 Å². The highest BCUT2D eigenvalue weighted by Gasteiger charge is 2.58. The van der Waals surface area contributed by atoms with Crippen molar-refractivity contribution in [3.8, 4) is 0 Å². The van der Waals surface area contributed by atoms with Crippen LogP contribution in [0.5, 0.6) is 0 Å². The number of carbonyl (C=O) groups is 2. The number of thioether (sulfide) groups is 1. The Morgan fingerprint density at radius 3 is 2.39 bits per heavy atom. The quantitative estimate of drug-likeness (QED) is 0.344. The number of hydrogen-bond acceptors (Lipinski definition) is 4. The minimum Gasteiger partial charge on any atom is -0.370 e. The van der Waals surface area contributed by atoms with Crippen LogP contribution in [0.15, 0.2) is 17.1 Å². The maximum atomic E-state index is 12.5. The fourth-order valence-corrected chi connectivity index (χ4v) is 5.24. The van der Waals surface area contributed by atoms with Gasteiger partial charge >= 0.3 is 0 Å². The fourth-order valence-electron chi connectivity index (χ4n) is 4.34. The molecule has 6 nitrogen and oxygen atoms in total. The smallest absolute Gasteiger partial charge is 0.233 e. The molecule has 3 fully saturated rings. The number of allylic oxidation sites excluding steroid dienone is 2. The van der Waals surface area contributed by atoms with E-state index < -0.39 is 0 Å². The molecule has 2 amide bonds. The number of imide groups is 1. The summed E-state index contributed by atoms with van der Waals surface area (Å²) in [5.74, 6) is 2.98. The van der Waals surface area contributed by atoms with Crippen LogP contribution in [-0.4, -0.2) is 65.3 Å². The number of carbonyl (C=O) groups excluding carboxylic acids is 2. The first-order chi connectivity index (χ1) is 11.2. The number of nitrogens with two attached hydrogens (primary N) is 1. The Balaban J connectivity index is 1.37. The van der Waals surface area contributed by atoms with E-state index in [0.29, 0.717) is 19.0 Å². The molecule has 0 aromatic carbocycles. The maximum absolute atomic E-state index is 12.5. The zero-order valence-electron chi connectivity index (χ0n) is 13.1. The van der Waals surface area contributed by atoms with E-state index in [4.69, 9.17) is 5.73 Å². The highest BCUT2D eigenvalue weighted by molar-refractivity contribution is 7.99. The van der Waals surface area contributed by atoms with Gasteiger partial charge in [-0.2, -0.15) is 11.8 Å². The summed E-state index contributed by atoms with van der Waals surface area (Å²) in [6, 6.07) is 0. The molecule has 0 aromatic rings. The van der Waals surface area contributed by atoms with Gasteiger partial charge in [-0.05, 0) is 18.3 Å². The maximum Gasteiger partial charge on any atom is 0.233 e. The molecule has 4 atom stereocenters. The number of guanidine groups is 1. The highest BCUT2D eigenvalue weighted by atomic mass is 32.2. The predicted octanol–water partition coefficient (Wildman–Crippen LogP) is 0.157. The molecule has 2 aliphatic carbocycles. The van der Waals surface area contributed by atoms with Gasteiger partial charge in [0.2, 0.25) is 11.8 Å². The molecule has 7 heteroatoms. The molecular weight excluding hydrogens is 312 g/mol. The van der Waals surface area contributed by atoms with Crippen molar-refractivity contribution in [2.24, 2.45) is 34.4 Å². The van der Waals surface area contributed by atoms with Crippen molar-refractivity contribution in [1.29, 1.82) is 0 Å². The molecule has 2 saturated heterocycles. The summed E-state index contributed by atoms with van der Waals surface area (Å²) < 4.78 is 0. The highest BCUT2D eigenvalue weighted by Crippen LogP contribution is 2.52.